The van der Waals surface area contributed by atoms with Gasteiger partial charge in [0.05, 0.1) is 4.87 Å². The zero-order valence-corrected chi connectivity index (χ0v) is 15.1. The minimum atomic E-state index is -0.382. The van der Waals surface area contributed by atoms with E-state index < -0.39 is 0 Å². The molecule has 3 aliphatic rings. The largest absolute Gasteiger partial charge is 0.342 e. The van der Waals surface area contributed by atoms with Crippen LogP contribution in [0.25, 0.3) is 0 Å². The summed E-state index contributed by atoms with van der Waals surface area (Å²) in [6.45, 7) is 2.13. The Bertz CT molecular complexity index is 684. The van der Waals surface area contributed by atoms with Gasteiger partial charge in [-0.3, -0.25) is 9.59 Å². The van der Waals surface area contributed by atoms with Crippen molar-refractivity contribution in [1.29, 1.82) is 0 Å². The highest BCUT2D eigenvalue weighted by Gasteiger charge is 2.47. The van der Waals surface area contributed by atoms with Crippen LogP contribution in [-0.4, -0.2) is 51.9 Å². The summed E-state index contributed by atoms with van der Waals surface area (Å²) >= 11 is 1.82. The summed E-state index contributed by atoms with van der Waals surface area (Å²) < 4.78 is 13.5. The van der Waals surface area contributed by atoms with Crippen LogP contribution in [0.2, 0.25) is 0 Å². The number of amides is 2. The number of nitrogens with zero attached hydrogens (tertiary/aromatic N) is 2. The van der Waals surface area contributed by atoms with Crippen molar-refractivity contribution < 1.29 is 14.0 Å². The lowest BCUT2D eigenvalue weighted by molar-refractivity contribution is -0.139. The molecule has 1 aromatic rings. The van der Waals surface area contributed by atoms with Crippen LogP contribution in [0.15, 0.2) is 24.3 Å². The van der Waals surface area contributed by atoms with Crippen molar-refractivity contribution in [3.8, 4) is 0 Å². The van der Waals surface area contributed by atoms with Crippen molar-refractivity contribution >= 4 is 23.6 Å². The van der Waals surface area contributed by atoms with Gasteiger partial charge >= 0.3 is 0 Å². The van der Waals surface area contributed by atoms with Gasteiger partial charge in [-0.25, -0.2) is 4.39 Å². The third-order valence-electron chi connectivity index (χ3n) is 5.81. The second-order valence-electron chi connectivity index (χ2n) is 7.21. The summed E-state index contributed by atoms with van der Waals surface area (Å²) in [5, 5.41) is 0. The summed E-state index contributed by atoms with van der Waals surface area (Å²) in [4.78, 5) is 29.0. The van der Waals surface area contributed by atoms with Crippen LogP contribution in [0.3, 0.4) is 0 Å². The number of halogens is 1. The Morgan fingerprint density at radius 2 is 1.92 bits per heavy atom. The highest BCUT2D eigenvalue weighted by molar-refractivity contribution is 8.00. The first-order valence-electron chi connectivity index (χ1n) is 9.09. The van der Waals surface area contributed by atoms with E-state index in [4.69, 9.17) is 0 Å². The van der Waals surface area contributed by atoms with Gasteiger partial charge in [-0.1, -0.05) is 12.5 Å². The number of thioether (sulfide) groups is 1. The van der Waals surface area contributed by atoms with Gasteiger partial charge in [-0.2, -0.15) is 0 Å². The average molecular weight is 362 g/mol. The van der Waals surface area contributed by atoms with Crippen LogP contribution in [0, 0.1) is 11.7 Å². The lowest BCUT2D eigenvalue weighted by Gasteiger charge is -2.45. The van der Waals surface area contributed by atoms with E-state index >= 15 is 0 Å². The molecular formula is C19H23FN2O2S. The molecule has 3 fully saturated rings. The van der Waals surface area contributed by atoms with Crippen LogP contribution in [0.5, 0.6) is 0 Å². The fourth-order valence-electron chi connectivity index (χ4n) is 4.08. The number of carbonyl (C=O) groups is 2. The second-order valence-corrected chi connectivity index (χ2v) is 8.67. The molecule has 2 saturated heterocycles. The zero-order valence-electron chi connectivity index (χ0n) is 14.2. The maximum Gasteiger partial charge on any atom is 0.255 e. The number of piperidine rings is 1. The van der Waals surface area contributed by atoms with E-state index in [2.05, 4.69) is 0 Å². The Labute approximate surface area is 151 Å². The molecule has 2 aliphatic heterocycles. The molecule has 0 aromatic heterocycles. The van der Waals surface area contributed by atoms with Crippen molar-refractivity contribution in [2.75, 3.05) is 25.4 Å². The molecule has 1 saturated carbocycles. The first-order chi connectivity index (χ1) is 12.1. The monoisotopic (exact) mass is 362 g/mol. The quantitative estimate of drug-likeness (QED) is 0.812. The Kier molecular flexibility index (Phi) is 4.48. The van der Waals surface area contributed by atoms with Gasteiger partial charge in [0.1, 0.15) is 5.82 Å². The molecule has 4 nitrogen and oxygen atoms in total. The smallest absolute Gasteiger partial charge is 0.255 e. The predicted molar refractivity (Wildman–Crippen MR) is 95.8 cm³/mol. The molecule has 1 aliphatic carbocycles. The summed E-state index contributed by atoms with van der Waals surface area (Å²) in [7, 11) is 0. The van der Waals surface area contributed by atoms with E-state index in [9.17, 15) is 14.0 Å². The Morgan fingerprint density at radius 3 is 2.56 bits per heavy atom. The van der Waals surface area contributed by atoms with Crippen LogP contribution in [0.4, 0.5) is 4.39 Å². The molecule has 4 rings (SSSR count). The van der Waals surface area contributed by atoms with E-state index in [1.807, 2.05) is 21.6 Å². The lowest BCUT2D eigenvalue weighted by atomic mass is 9.84. The minimum absolute atomic E-state index is 0.0942. The first-order valence-corrected chi connectivity index (χ1v) is 10.1. The number of likely N-dealkylation sites (tertiary alicyclic amines) is 1. The van der Waals surface area contributed by atoms with Gasteiger partial charge in [0.2, 0.25) is 5.91 Å². The number of hydrogen-bond acceptors (Lipinski definition) is 3. The molecule has 1 spiro atoms. The third kappa shape index (κ3) is 3.05. The highest BCUT2D eigenvalue weighted by atomic mass is 32.2. The van der Waals surface area contributed by atoms with E-state index in [0.29, 0.717) is 18.0 Å². The maximum atomic E-state index is 13.5. The molecule has 0 unspecified atom stereocenters. The second kappa shape index (κ2) is 6.63. The summed E-state index contributed by atoms with van der Waals surface area (Å²) in [6, 6.07) is 5.93. The summed E-state index contributed by atoms with van der Waals surface area (Å²) in [5.74, 6) is 0.954. The highest BCUT2D eigenvalue weighted by Crippen LogP contribution is 2.45. The Morgan fingerprint density at radius 1 is 1.16 bits per heavy atom. The molecule has 25 heavy (non-hydrogen) atoms. The maximum absolute atomic E-state index is 13.5. The van der Waals surface area contributed by atoms with Gasteiger partial charge in [-0.15, -0.1) is 11.8 Å². The van der Waals surface area contributed by atoms with Crippen molar-refractivity contribution in [2.45, 2.75) is 37.0 Å². The third-order valence-corrected chi connectivity index (χ3v) is 7.36. The van der Waals surface area contributed by atoms with Gasteiger partial charge in [0, 0.05) is 36.9 Å². The van der Waals surface area contributed by atoms with Gasteiger partial charge in [-0.05, 0) is 43.9 Å². The van der Waals surface area contributed by atoms with Crippen molar-refractivity contribution in [3.63, 3.8) is 0 Å². The number of hydrogen-bond donors (Lipinski definition) is 0. The predicted octanol–water partition coefficient (Wildman–Crippen LogP) is 3.13. The molecule has 6 heteroatoms. The van der Waals surface area contributed by atoms with Gasteiger partial charge in [0.25, 0.3) is 5.91 Å². The van der Waals surface area contributed by atoms with Crippen molar-refractivity contribution in [1.82, 2.24) is 9.80 Å². The molecule has 1 aromatic carbocycles. The van der Waals surface area contributed by atoms with Gasteiger partial charge in [0.15, 0.2) is 0 Å². The minimum Gasteiger partial charge on any atom is -0.342 e. The molecule has 0 atom stereocenters. The van der Waals surface area contributed by atoms with E-state index in [1.165, 1.54) is 18.6 Å². The van der Waals surface area contributed by atoms with E-state index in [0.717, 1.165) is 44.5 Å². The molecule has 2 amide bonds. The first kappa shape index (κ1) is 16.9. The fraction of sp³-hybridized carbons (Fsp3) is 0.579. The molecule has 2 heterocycles. The van der Waals surface area contributed by atoms with Crippen molar-refractivity contribution in [2.24, 2.45) is 5.92 Å². The van der Waals surface area contributed by atoms with Gasteiger partial charge < -0.3 is 9.80 Å². The Balaban J connectivity index is 1.46. The zero-order chi connectivity index (χ0) is 17.4. The fourth-order valence-corrected chi connectivity index (χ4v) is 5.53. The standard InChI is InChI=1S/C19H23FN2O2S/c20-16-6-2-5-15(13-16)18(24)22-11-12-25-19(22)7-9-21(10-8-19)17(23)14-3-1-4-14/h2,5-6,13-14H,1,3-4,7-12H2. The summed E-state index contributed by atoms with van der Waals surface area (Å²) in [5.41, 5.74) is 0.412. The van der Waals surface area contributed by atoms with E-state index in [1.54, 1.807) is 12.1 Å². The molecule has 0 N–H and O–H groups in total. The van der Waals surface area contributed by atoms with Crippen LogP contribution < -0.4 is 0 Å². The number of carbonyl (C=O) groups excluding carboxylic acids is 2. The van der Waals surface area contributed by atoms with Crippen LogP contribution in [0.1, 0.15) is 42.5 Å². The van der Waals surface area contributed by atoms with Crippen LogP contribution >= 0.6 is 11.8 Å². The van der Waals surface area contributed by atoms with E-state index in [-0.39, 0.29) is 22.5 Å². The lowest BCUT2D eigenvalue weighted by Crippen LogP contribution is -2.54. The number of rotatable bonds is 2. The molecule has 0 bridgehead atoms. The molecular weight excluding hydrogens is 339 g/mol. The number of benzene rings is 1. The van der Waals surface area contributed by atoms with Crippen LogP contribution in [-0.2, 0) is 4.79 Å². The van der Waals surface area contributed by atoms with Crippen molar-refractivity contribution in [3.05, 3.63) is 35.6 Å². The molecule has 0 radical (unpaired) electrons. The summed E-state index contributed by atoms with van der Waals surface area (Å²) in [6.07, 6.45) is 4.83. The SMILES string of the molecule is O=C(C1CCC1)N1CCC2(CC1)SCCN2C(=O)c1cccc(F)c1. The topological polar surface area (TPSA) is 40.6 Å². The average Bonchev–Trinajstić information content (AvgIpc) is 2.96. The normalized spacial score (nSPS) is 22.9. The molecule has 134 valence electrons. The Hall–Kier alpha value is -1.56.